The number of amides is 3. The molecule has 2 fully saturated rings. The van der Waals surface area contributed by atoms with E-state index in [1.165, 1.54) is 0 Å². The lowest BCUT2D eigenvalue weighted by Gasteiger charge is -2.39. The summed E-state index contributed by atoms with van der Waals surface area (Å²) in [6.45, 7) is 5.26. The van der Waals surface area contributed by atoms with Crippen molar-refractivity contribution in [3.63, 3.8) is 0 Å². The summed E-state index contributed by atoms with van der Waals surface area (Å²) in [6.07, 6.45) is 3.56. The summed E-state index contributed by atoms with van der Waals surface area (Å²) >= 11 is 5.83. The van der Waals surface area contributed by atoms with E-state index in [0.717, 1.165) is 57.7 Å². The van der Waals surface area contributed by atoms with Gasteiger partial charge in [0.15, 0.2) is 0 Å². The van der Waals surface area contributed by atoms with Crippen LogP contribution in [0.25, 0.3) is 0 Å². The third kappa shape index (κ3) is 5.11. The number of piperazine rings is 1. The number of carbonyl (C=O) groups excluding carboxylic acids is 2. The number of nitrogens with zero attached hydrogens (tertiary/aromatic N) is 5. The number of aromatic nitrogens is 1. The normalized spacial score (nSPS) is 21.2. The summed E-state index contributed by atoms with van der Waals surface area (Å²) in [5, 5.41) is 0.503. The van der Waals surface area contributed by atoms with Crippen LogP contribution in [0.1, 0.15) is 18.4 Å². The van der Waals surface area contributed by atoms with Crippen LogP contribution in [0.15, 0.2) is 18.3 Å². The molecule has 7 nitrogen and oxygen atoms in total. The topological polar surface area (TPSA) is 60.0 Å². The highest BCUT2D eigenvalue weighted by Crippen LogP contribution is 2.21. The first-order valence-corrected chi connectivity index (χ1v) is 9.89. The molecule has 0 spiro atoms. The van der Waals surface area contributed by atoms with Gasteiger partial charge in [-0.3, -0.25) is 9.69 Å². The fraction of sp³-hybridized carbons (Fsp3) is 0.632. The molecule has 3 rings (SSSR count). The minimum absolute atomic E-state index is 0.00565. The van der Waals surface area contributed by atoms with Crippen LogP contribution in [0, 0.1) is 5.92 Å². The van der Waals surface area contributed by atoms with E-state index in [9.17, 15) is 9.59 Å². The van der Waals surface area contributed by atoms with Crippen molar-refractivity contribution in [3.8, 4) is 0 Å². The van der Waals surface area contributed by atoms with E-state index in [-0.39, 0.29) is 17.9 Å². The van der Waals surface area contributed by atoms with E-state index in [4.69, 9.17) is 11.6 Å². The number of carbonyl (C=O) groups is 2. The summed E-state index contributed by atoms with van der Waals surface area (Å²) in [5.41, 5.74) is 1.13. The van der Waals surface area contributed by atoms with Crippen LogP contribution < -0.4 is 0 Å². The molecule has 3 heterocycles. The molecule has 1 aromatic heterocycles. The SMILES string of the molecule is CN(C)C(=O)N1CCCC(C(=O)N2CCN(Cc3ccc(Cl)nc3)CC2)C1. The smallest absolute Gasteiger partial charge is 0.319 e. The van der Waals surface area contributed by atoms with E-state index < -0.39 is 0 Å². The van der Waals surface area contributed by atoms with Crippen molar-refractivity contribution in [1.82, 2.24) is 24.6 Å². The van der Waals surface area contributed by atoms with Gasteiger partial charge in [0.25, 0.3) is 0 Å². The molecule has 148 valence electrons. The molecule has 1 unspecified atom stereocenters. The van der Waals surface area contributed by atoms with Crippen LogP contribution in [0.4, 0.5) is 4.79 Å². The van der Waals surface area contributed by atoms with Gasteiger partial charge in [-0.1, -0.05) is 17.7 Å². The maximum atomic E-state index is 12.9. The molecule has 1 atom stereocenters. The first kappa shape index (κ1) is 19.9. The number of likely N-dealkylation sites (tertiary alicyclic amines) is 1. The van der Waals surface area contributed by atoms with Gasteiger partial charge in [0, 0.05) is 66.1 Å². The summed E-state index contributed by atoms with van der Waals surface area (Å²) in [5.74, 6) is 0.119. The van der Waals surface area contributed by atoms with Crippen molar-refractivity contribution < 1.29 is 9.59 Å². The van der Waals surface area contributed by atoms with E-state index >= 15 is 0 Å². The first-order valence-electron chi connectivity index (χ1n) is 9.52. The summed E-state index contributed by atoms with van der Waals surface area (Å²) in [7, 11) is 3.51. The van der Waals surface area contributed by atoms with Crippen molar-refractivity contribution in [3.05, 3.63) is 29.0 Å². The van der Waals surface area contributed by atoms with Crippen LogP contribution >= 0.6 is 11.6 Å². The molecular formula is C19H28ClN5O2. The molecular weight excluding hydrogens is 366 g/mol. The van der Waals surface area contributed by atoms with Crippen molar-refractivity contribution in [2.75, 3.05) is 53.4 Å². The molecule has 2 saturated heterocycles. The van der Waals surface area contributed by atoms with E-state index in [0.29, 0.717) is 11.7 Å². The fourth-order valence-electron chi connectivity index (χ4n) is 3.78. The zero-order valence-corrected chi connectivity index (χ0v) is 16.9. The Morgan fingerprint density at radius 3 is 2.52 bits per heavy atom. The second-order valence-electron chi connectivity index (χ2n) is 7.55. The maximum Gasteiger partial charge on any atom is 0.319 e. The average molecular weight is 394 g/mol. The number of pyridine rings is 1. The highest BCUT2D eigenvalue weighted by molar-refractivity contribution is 6.29. The lowest BCUT2D eigenvalue weighted by molar-refractivity contribution is -0.138. The Morgan fingerprint density at radius 2 is 1.89 bits per heavy atom. The summed E-state index contributed by atoms with van der Waals surface area (Å²) in [6, 6.07) is 3.79. The highest BCUT2D eigenvalue weighted by atomic mass is 35.5. The second kappa shape index (κ2) is 8.89. The van der Waals surface area contributed by atoms with Gasteiger partial charge in [0.2, 0.25) is 5.91 Å². The summed E-state index contributed by atoms with van der Waals surface area (Å²) < 4.78 is 0. The zero-order chi connectivity index (χ0) is 19.4. The zero-order valence-electron chi connectivity index (χ0n) is 16.1. The monoisotopic (exact) mass is 393 g/mol. The van der Waals surface area contributed by atoms with Crippen LogP contribution in [-0.4, -0.2) is 89.9 Å². The van der Waals surface area contributed by atoms with Crippen LogP contribution in [0.3, 0.4) is 0 Å². The van der Waals surface area contributed by atoms with Gasteiger partial charge in [-0.15, -0.1) is 0 Å². The van der Waals surface area contributed by atoms with Gasteiger partial charge in [-0.2, -0.15) is 0 Å². The largest absolute Gasteiger partial charge is 0.340 e. The number of hydrogen-bond donors (Lipinski definition) is 0. The Bertz CT molecular complexity index is 659. The van der Waals surface area contributed by atoms with Crippen LogP contribution in [0.2, 0.25) is 5.15 Å². The standard InChI is InChI=1S/C19H28ClN5O2/c1-22(2)19(27)25-7-3-4-16(14-25)18(26)24-10-8-23(9-11-24)13-15-5-6-17(20)21-12-15/h5-6,12,16H,3-4,7-11,13-14H2,1-2H3. The van der Waals surface area contributed by atoms with E-state index in [1.807, 2.05) is 11.0 Å². The summed E-state index contributed by atoms with van der Waals surface area (Å²) in [4.78, 5) is 36.9. The molecule has 2 aliphatic rings. The molecule has 0 bridgehead atoms. The van der Waals surface area contributed by atoms with Gasteiger partial charge in [0.05, 0.1) is 5.92 Å². The number of urea groups is 1. The quantitative estimate of drug-likeness (QED) is 0.734. The molecule has 1 aromatic rings. The molecule has 3 amide bonds. The lowest BCUT2D eigenvalue weighted by Crippen LogP contribution is -2.53. The number of halogens is 1. The Morgan fingerprint density at radius 1 is 1.15 bits per heavy atom. The Kier molecular flexibility index (Phi) is 6.55. The molecule has 0 saturated carbocycles. The fourth-order valence-corrected chi connectivity index (χ4v) is 3.89. The number of piperidine rings is 1. The van der Waals surface area contributed by atoms with Crippen molar-refractivity contribution in [2.45, 2.75) is 19.4 Å². The van der Waals surface area contributed by atoms with Gasteiger partial charge in [0.1, 0.15) is 5.15 Å². The Labute approximate surface area is 165 Å². The van der Waals surface area contributed by atoms with Gasteiger partial charge in [-0.25, -0.2) is 9.78 Å². The average Bonchev–Trinajstić information content (AvgIpc) is 2.69. The number of rotatable bonds is 3. The molecule has 0 radical (unpaired) electrons. The molecule has 27 heavy (non-hydrogen) atoms. The first-order chi connectivity index (χ1) is 12.9. The van der Waals surface area contributed by atoms with Gasteiger partial charge < -0.3 is 14.7 Å². The van der Waals surface area contributed by atoms with Crippen molar-refractivity contribution in [1.29, 1.82) is 0 Å². The third-order valence-corrected chi connectivity index (χ3v) is 5.53. The molecule has 0 aliphatic carbocycles. The van der Waals surface area contributed by atoms with Gasteiger partial charge in [-0.05, 0) is 24.5 Å². The lowest BCUT2D eigenvalue weighted by atomic mass is 9.96. The molecule has 2 aliphatic heterocycles. The van der Waals surface area contributed by atoms with Gasteiger partial charge >= 0.3 is 6.03 Å². The van der Waals surface area contributed by atoms with E-state index in [2.05, 4.69) is 9.88 Å². The Balaban J connectivity index is 1.49. The maximum absolute atomic E-state index is 12.9. The minimum Gasteiger partial charge on any atom is -0.340 e. The predicted octanol–water partition coefficient (Wildman–Crippen LogP) is 1.77. The third-order valence-electron chi connectivity index (χ3n) is 5.30. The number of hydrogen-bond acceptors (Lipinski definition) is 4. The Hall–Kier alpha value is -1.86. The van der Waals surface area contributed by atoms with E-state index in [1.54, 1.807) is 36.2 Å². The highest BCUT2D eigenvalue weighted by Gasteiger charge is 2.33. The van der Waals surface area contributed by atoms with Crippen LogP contribution in [-0.2, 0) is 11.3 Å². The van der Waals surface area contributed by atoms with Crippen molar-refractivity contribution >= 4 is 23.5 Å². The molecule has 0 aromatic carbocycles. The minimum atomic E-state index is -0.0744. The molecule has 8 heteroatoms. The second-order valence-corrected chi connectivity index (χ2v) is 7.94. The van der Waals surface area contributed by atoms with Crippen LogP contribution in [0.5, 0.6) is 0 Å². The predicted molar refractivity (Wildman–Crippen MR) is 104 cm³/mol. The van der Waals surface area contributed by atoms with Crippen molar-refractivity contribution in [2.24, 2.45) is 5.92 Å². The molecule has 0 N–H and O–H groups in total.